The molecule has 6 rings (SSSR count). The number of thioether (sulfide) groups is 1. The molecule has 2 fully saturated rings. The van der Waals surface area contributed by atoms with Gasteiger partial charge in [0.1, 0.15) is 11.0 Å². The fraction of sp³-hybridized carbons (Fsp3) is 0.370. The molecule has 1 aromatic heterocycles. The Morgan fingerprint density at radius 1 is 1.00 bits per heavy atom. The van der Waals surface area contributed by atoms with E-state index in [9.17, 15) is 4.79 Å². The van der Waals surface area contributed by atoms with Gasteiger partial charge in [0, 0.05) is 56.1 Å². The van der Waals surface area contributed by atoms with Crippen LogP contribution >= 0.6 is 23.4 Å². The van der Waals surface area contributed by atoms with E-state index in [1.54, 1.807) is 0 Å². The first kappa shape index (κ1) is 24.3. The van der Waals surface area contributed by atoms with Gasteiger partial charge in [-0.25, -0.2) is 9.97 Å². The number of anilines is 1. The van der Waals surface area contributed by atoms with E-state index >= 15 is 0 Å². The van der Waals surface area contributed by atoms with Gasteiger partial charge in [0.05, 0.1) is 0 Å². The van der Waals surface area contributed by atoms with Gasteiger partial charge in [-0.15, -0.1) is 0 Å². The third kappa shape index (κ3) is 6.11. The first-order chi connectivity index (χ1) is 18.1. The number of benzene rings is 2. The molecule has 0 spiro atoms. The quantitative estimate of drug-likeness (QED) is 0.258. The van der Waals surface area contributed by atoms with Crippen LogP contribution in [0.25, 0.3) is 0 Å². The van der Waals surface area contributed by atoms with Gasteiger partial charge in [0.25, 0.3) is 5.91 Å². The van der Waals surface area contributed by atoms with Crippen molar-refractivity contribution in [2.24, 2.45) is 0 Å². The van der Waals surface area contributed by atoms with Crippen LogP contribution in [0, 0.1) is 0 Å². The van der Waals surface area contributed by atoms with Gasteiger partial charge in [-0.2, -0.15) is 0 Å². The molecule has 0 bridgehead atoms. The summed E-state index contributed by atoms with van der Waals surface area (Å²) < 4.78 is 10.9. The highest BCUT2D eigenvalue weighted by Gasteiger charge is 2.24. The van der Waals surface area contributed by atoms with Crippen molar-refractivity contribution in [3.05, 3.63) is 70.4 Å². The highest BCUT2D eigenvalue weighted by molar-refractivity contribution is 7.98. The molecule has 8 nitrogen and oxygen atoms in total. The lowest BCUT2D eigenvalue weighted by molar-refractivity contribution is 0.0951. The zero-order valence-corrected chi connectivity index (χ0v) is 21.9. The molecule has 1 saturated carbocycles. The first-order valence-electron chi connectivity index (χ1n) is 12.5. The average Bonchev–Trinajstić information content (AvgIpc) is 3.60. The summed E-state index contributed by atoms with van der Waals surface area (Å²) >= 11 is 7.90. The van der Waals surface area contributed by atoms with E-state index in [4.69, 9.17) is 26.1 Å². The Labute approximate surface area is 225 Å². The van der Waals surface area contributed by atoms with E-state index in [2.05, 4.69) is 32.2 Å². The monoisotopic (exact) mass is 537 g/mol. The van der Waals surface area contributed by atoms with Crippen molar-refractivity contribution in [1.29, 1.82) is 0 Å². The lowest BCUT2D eigenvalue weighted by Gasteiger charge is -2.35. The second-order valence-electron chi connectivity index (χ2n) is 9.52. The van der Waals surface area contributed by atoms with Crippen LogP contribution in [0.2, 0.25) is 5.15 Å². The van der Waals surface area contributed by atoms with Gasteiger partial charge in [-0.3, -0.25) is 9.69 Å². The van der Waals surface area contributed by atoms with Crippen LogP contribution in [-0.4, -0.2) is 59.8 Å². The van der Waals surface area contributed by atoms with Gasteiger partial charge in [0.15, 0.2) is 16.7 Å². The number of ether oxygens (including phenoxy) is 2. The average molecular weight is 538 g/mol. The third-order valence-electron chi connectivity index (χ3n) is 6.67. The number of nitrogens with zero attached hydrogens (tertiary/aromatic N) is 4. The maximum absolute atomic E-state index is 12.4. The normalized spacial score (nSPS) is 17.2. The molecule has 10 heteroatoms. The predicted molar refractivity (Wildman–Crippen MR) is 144 cm³/mol. The van der Waals surface area contributed by atoms with Crippen LogP contribution in [0.4, 0.5) is 5.82 Å². The highest BCUT2D eigenvalue weighted by Crippen LogP contribution is 2.33. The maximum Gasteiger partial charge on any atom is 0.251 e. The topological polar surface area (TPSA) is 79.8 Å². The van der Waals surface area contributed by atoms with E-state index in [0.717, 1.165) is 68.4 Å². The number of nitrogens with one attached hydrogen (secondary N) is 1. The number of carbonyl (C=O) groups is 1. The minimum Gasteiger partial charge on any atom is -0.454 e. The van der Waals surface area contributed by atoms with Crippen LogP contribution in [0.3, 0.4) is 0 Å². The van der Waals surface area contributed by atoms with Crippen molar-refractivity contribution in [3.8, 4) is 11.5 Å². The molecule has 0 unspecified atom stereocenters. The third-order valence-corrected chi connectivity index (χ3v) is 7.78. The molecule has 2 aromatic carbocycles. The fourth-order valence-electron chi connectivity index (χ4n) is 4.49. The molecule has 1 aliphatic carbocycles. The molecule has 1 amide bonds. The van der Waals surface area contributed by atoms with Crippen molar-refractivity contribution in [3.63, 3.8) is 0 Å². The van der Waals surface area contributed by atoms with Gasteiger partial charge in [0.2, 0.25) is 6.79 Å². The van der Waals surface area contributed by atoms with Gasteiger partial charge < -0.3 is 19.7 Å². The summed E-state index contributed by atoms with van der Waals surface area (Å²) in [5, 5.41) is 4.12. The Bertz CT molecular complexity index is 1300. The first-order valence-corrected chi connectivity index (χ1v) is 13.9. The van der Waals surface area contributed by atoms with Crippen LogP contribution in [0.15, 0.2) is 53.7 Å². The minimum atomic E-state index is -0.00620. The Balaban J connectivity index is 1.04. The van der Waals surface area contributed by atoms with Crippen molar-refractivity contribution in [2.45, 2.75) is 36.3 Å². The smallest absolute Gasteiger partial charge is 0.251 e. The van der Waals surface area contributed by atoms with Crippen LogP contribution in [0.1, 0.15) is 34.3 Å². The lowest BCUT2D eigenvalue weighted by atomic mass is 10.1. The van der Waals surface area contributed by atoms with E-state index in [1.165, 1.54) is 17.3 Å². The standard InChI is InChI=1S/C27H28ClN5O3S/c28-24-14-25(33-10-8-32(9-11-33)15-18-4-7-22-23(13-18)36-17-35-22)31-27(30-24)37-16-19-2-1-3-20(12-19)26(34)29-21-5-6-21/h1-4,7,12-14,21H,5-6,8-11,15-17H2,(H,29,34). The van der Waals surface area contributed by atoms with E-state index in [0.29, 0.717) is 34.5 Å². The Hall–Kier alpha value is -3.01. The number of halogens is 1. The largest absolute Gasteiger partial charge is 0.454 e. The Kier molecular flexibility index (Phi) is 7.08. The summed E-state index contributed by atoms with van der Waals surface area (Å²) in [5.41, 5.74) is 2.96. The Morgan fingerprint density at radius 2 is 1.84 bits per heavy atom. The number of piperazine rings is 1. The van der Waals surface area contributed by atoms with Crippen molar-refractivity contribution < 1.29 is 14.3 Å². The number of hydrogen-bond donors (Lipinski definition) is 1. The molecule has 0 atom stereocenters. The molecule has 0 radical (unpaired) electrons. The molecule has 2 aliphatic heterocycles. The zero-order valence-electron chi connectivity index (χ0n) is 20.4. The maximum atomic E-state index is 12.4. The molecule has 37 heavy (non-hydrogen) atoms. The summed E-state index contributed by atoms with van der Waals surface area (Å²) in [4.78, 5) is 26.3. The molecule has 3 heterocycles. The zero-order chi connectivity index (χ0) is 25.2. The van der Waals surface area contributed by atoms with Gasteiger partial charge in [-0.1, -0.05) is 41.6 Å². The van der Waals surface area contributed by atoms with Crippen molar-refractivity contribution >= 4 is 35.1 Å². The van der Waals surface area contributed by atoms with Crippen LogP contribution in [-0.2, 0) is 12.3 Å². The minimum absolute atomic E-state index is 0.00620. The molecular formula is C27H28ClN5O3S. The van der Waals surface area contributed by atoms with Crippen molar-refractivity contribution in [1.82, 2.24) is 20.2 Å². The Morgan fingerprint density at radius 3 is 2.68 bits per heavy atom. The second kappa shape index (κ2) is 10.8. The number of carbonyl (C=O) groups excluding carboxylic acids is 1. The van der Waals surface area contributed by atoms with Gasteiger partial charge >= 0.3 is 0 Å². The number of amides is 1. The molecule has 3 aliphatic rings. The van der Waals surface area contributed by atoms with Gasteiger partial charge in [-0.05, 0) is 48.2 Å². The summed E-state index contributed by atoms with van der Waals surface area (Å²) in [5.74, 6) is 3.14. The molecule has 192 valence electrons. The number of hydrogen-bond acceptors (Lipinski definition) is 8. The van der Waals surface area contributed by atoms with Crippen LogP contribution < -0.4 is 19.7 Å². The SMILES string of the molecule is O=C(NC1CC1)c1cccc(CSc2nc(Cl)cc(N3CCN(Cc4ccc5c(c4)OCO5)CC3)n2)c1. The summed E-state index contributed by atoms with van der Waals surface area (Å²) in [6.45, 7) is 4.74. The summed E-state index contributed by atoms with van der Waals surface area (Å²) in [6, 6.07) is 16.1. The summed E-state index contributed by atoms with van der Waals surface area (Å²) in [7, 11) is 0. The molecule has 1 saturated heterocycles. The van der Waals surface area contributed by atoms with Crippen molar-refractivity contribution in [2.75, 3.05) is 37.9 Å². The lowest BCUT2D eigenvalue weighted by Crippen LogP contribution is -2.46. The number of rotatable bonds is 8. The number of fused-ring (bicyclic) bond motifs is 1. The predicted octanol–water partition coefficient (Wildman–Crippen LogP) is 4.37. The van der Waals surface area contributed by atoms with E-state index < -0.39 is 0 Å². The highest BCUT2D eigenvalue weighted by atomic mass is 35.5. The number of aromatic nitrogens is 2. The summed E-state index contributed by atoms with van der Waals surface area (Å²) in [6.07, 6.45) is 2.15. The van der Waals surface area contributed by atoms with Crippen LogP contribution in [0.5, 0.6) is 11.5 Å². The van der Waals surface area contributed by atoms with E-state index in [-0.39, 0.29) is 5.91 Å². The fourth-order valence-corrected chi connectivity index (χ4v) is 5.52. The molecule has 3 aromatic rings. The molecular weight excluding hydrogens is 510 g/mol. The second-order valence-corrected chi connectivity index (χ2v) is 10.8. The molecule has 1 N–H and O–H groups in total. The van der Waals surface area contributed by atoms with E-state index in [1.807, 2.05) is 36.4 Å².